The van der Waals surface area contributed by atoms with Crippen molar-refractivity contribution in [2.75, 3.05) is 13.2 Å². The third-order valence-electron chi connectivity index (χ3n) is 6.10. The van der Waals surface area contributed by atoms with Crippen LogP contribution in [0.5, 0.6) is 0 Å². The van der Waals surface area contributed by atoms with Crippen LogP contribution in [-0.2, 0) is 9.53 Å². The number of aliphatic hydroxyl groups excluding tert-OH is 1. The van der Waals surface area contributed by atoms with Gasteiger partial charge in [0.15, 0.2) is 0 Å². The molecular weight excluding hydrogens is 372 g/mol. The monoisotopic (exact) mass is 424 g/mol. The summed E-state index contributed by atoms with van der Waals surface area (Å²) in [7, 11) is 0. The lowest BCUT2D eigenvalue weighted by Crippen LogP contribution is -2.13. The van der Waals surface area contributed by atoms with Gasteiger partial charge in [0.05, 0.1) is 6.61 Å². The fraction of sp³-hybridized carbons (Fsp3) is 0.889. The van der Waals surface area contributed by atoms with Crippen molar-refractivity contribution in [2.24, 2.45) is 11.8 Å². The van der Waals surface area contributed by atoms with Gasteiger partial charge in [0.1, 0.15) is 0 Å². The number of carbonyl (C=O) groups excluding carboxylic acids is 1. The molecule has 30 heavy (non-hydrogen) atoms. The number of unbranched alkanes of at least 4 members (excludes halogenated alkanes) is 10. The molecule has 0 aromatic carbocycles. The molecule has 0 aliphatic carbocycles. The first kappa shape index (κ1) is 29.2. The Morgan fingerprint density at radius 1 is 0.833 bits per heavy atom. The maximum absolute atomic E-state index is 11.9. The summed E-state index contributed by atoms with van der Waals surface area (Å²) in [6, 6.07) is 0. The van der Waals surface area contributed by atoms with Crippen molar-refractivity contribution in [1.82, 2.24) is 0 Å². The van der Waals surface area contributed by atoms with Gasteiger partial charge in [-0.1, -0.05) is 104 Å². The van der Waals surface area contributed by atoms with Crippen LogP contribution in [0, 0.1) is 11.8 Å². The molecular formula is C27H52O3. The molecule has 0 aromatic rings. The molecule has 0 amide bonds. The van der Waals surface area contributed by atoms with Crippen LogP contribution in [0.3, 0.4) is 0 Å². The summed E-state index contributed by atoms with van der Waals surface area (Å²) in [5.74, 6) is 0.838. The Bertz CT molecular complexity index is 392. The fourth-order valence-corrected chi connectivity index (χ4v) is 3.79. The smallest absolute Gasteiger partial charge is 0.305 e. The normalized spacial score (nSPS) is 13.6. The number of aliphatic hydroxyl groups is 1. The van der Waals surface area contributed by atoms with Crippen molar-refractivity contribution in [3.05, 3.63) is 12.2 Å². The van der Waals surface area contributed by atoms with E-state index in [0.717, 1.165) is 44.9 Å². The minimum Gasteiger partial charge on any atom is -0.465 e. The van der Waals surface area contributed by atoms with E-state index in [2.05, 4.69) is 32.9 Å². The average molecular weight is 425 g/mol. The Balaban J connectivity index is 3.62. The van der Waals surface area contributed by atoms with Crippen LogP contribution in [0.15, 0.2) is 12.2 Å². The molecule has 0 aliphatic rings. The quantitative estimate of drug-likeness (QED) is 0.109. The molecule has 0 aromatic heterocycles. The van der Waals surface area contributed by atoms with Crippen molar-refractivity contribution >= 4 is 5.97 Å². The largest absolute Gasteiger partial charge is 0.465 e. The molecule has 2 unspecified atom stereocenters. The van der Waals surface area contributed by atoms with Crippen LogP contribution < -0.4 is 0 Å². The number of hydrogen-bond acceptors (Lipinski definition) is 3. The highest BCUT2D eigenvalue weighted by Gasteiger charge is 2.09. The van der Waals surface area contributed by atoms with Gasteiger partial charge in [-0.2, -0.15) is 0 Å². The van der Waals surface area contributed by atoms with Crippen molar-refractivity contribution in [3.63, 3.8) is 0 Å². The Morgan fingerprint density at radius 2 is 1.50 bits per heavy atom. The molecule has 1 N–H and O–H groups in total. The van der Waals surface area contributed by atoms with Gasteiger partial charge in [-0.05, 0) is 43.9 Å². The van der Waals surface area contributed by atoms with Gasteiger partial charge < -0.3 is 9.84 Å². The number of hydrogen-bond donors (Lipinski definition) is 1. The second-order valence-corrected chi connectivity index (χ2v) is 8.98. The molecule has 3 heteroatoms. The van der Waals surface area contributed by atoms with E-state index in [4.69, 9.17) is 4.74 Å². The highest BCUT2D eigenvalue weighted by Crippen LogP contribution is 2.15. The fourth-order valence-electron chi connectivity index (χ4n) is 3.79. The minimum atomic E-state index is -0.0228. The zero-order chi connectivity index (χ0) is 22.3. The molecule has 0 rings (SSSR count). The SMILES string of the molecule is CCCCCCCCC(/C=C/CCCCCCC(=O)OCC(CC)CCCC)CO. The van der Waals surface area contributed by atoms with Gasteiger partial charge in [-0.3, -0.25) is 4.79 Å². The van der Waals surface area contributed by atoms with Crippen molar-refractivity contribution < 1.29 is 14.6 Å². The molecule has 0 radical (unpaired) electrons. The highest BCUT2D eigenvalue weighted by atomic mass is 16.5. The lowest BCUT2D eigenvalue weighted by Gasteiger charge is -2.14. The second-order valence-electron chi connectivity index (χ2n) is 8.98. The van der Waals surface area contributed by atoms with E-state index in [9.17, 15) is 9.90 Å². The van der Waals surface area contributed by atoms with Crippen LogP contribution in [0.2, 0.25) is 0 Å². The lowest BCUT2D eigenvalue weighted by atomic mass is 9.99. The van der Waals surface area contributed by atoms with Gasteiger partial charge in [-0.15, -0.1) is 0 Å². The number of esters is 1. The van der Waals surface area contributed by atoms with Gasteiger partial charge in [0.25, 0.3) is 0 Å². The highest BCUT2D eigenvalue weighted by molar-refractivity contribution is 5.69. The summed E-state index contributed by atoms with van der Waals surface area (Å²) in [6.07, 6.45) is 24.1. The maximum Gasteiger partial charge on any atom is 0.305 e. The standard InChI is InChI=1S/C27H52O3/c1-4-7-9-10-13-16-20-26(23-28)21-17-14-11-12-15-18-22-27(29)30-24-25(6-3)19-8-5-2/h17,21,25-26,28H,4-16,18-20,22-24H2,1-3H3/b21-17+. The number of carbonyl (C=O) groups is 1. The number of allylic oxidation sites excluding steroid dienone is 1. The third kappa shape index (κ3) is 19.2. The van der Waals surface area contributed by atoms with E-state index >= 15 is 0 Å². The first-order chi connectivity index (χ1) is 14.7. The summed E-state index contributed by atoms with van der Waals surface area (Å²) >= 11 is 0. The number of ether oxygens (including phenoxy) is 1. The molecule has 0 saturated heterocycles. The molecule has 3 nitrogen and oxygen atoms in total. The van der Waals surface area contributed by atoms with Gasteiger partial charge in [0.2, 0.25) is 0 Å². The van der Waals surface area contributed by atoms with Crippen LogP contribution >= 0.6 is 0 Å². The van der Waals surface area contributed by atoms with Crippen LogP contribution in [0.1, 0.15) is 130 Å². The summed E-state index contributed by atoms with van der Waals surface area (Å²) in [5, 5.41) is 9.53. The van der Waals surface area contributed by atoms with Crippen molar-refractivity contribution in [1.29, 1.82) is 0 Å². The van der Waals surface area contributed by atoms with Gasteiger partial charge in [-0.25, -0.2) is 0 Å². The Labute approximate surface area is 188 Å². The van der Waals surface area contributed by atoms with E-state index in [0.29, 0.717) is 24.9 Å². The van der Waals surface area contributed by atoms with E-state index < -0.39 is 0 Å². The molecule has 0 aliphatic heterocycles. The third-order valence-corrected chi connectivity index (χ3v) is 6.10. The van der Waals surface area contributed by atoms with E-state index in [1.807, 2.05) is 0 Å². The molecule has 0 bridgehead atoms. The zero-order valence-electron chi connectivity index (χ0n) is 20.5. The number of rotatable bonds is 22. The van der Waals surface area contributed by atoms with E-state index in [1.54, 1.807) is 0 Å². The first-order valence-electron chi connectivity index (χ1n) is 13.1. The summed E-state index contributed by atoms with van der Waals surface area (Å²) < 4.78 is 5.46. The second kappa shape index (κ2) is 22.8. The summed E-state index contributed by atoms with van der Waals surface area (Å²) in [6.45, 7) is 7.50. The first-order valence-corrected chi connectivity index (χ1v) is 13.1. The van der Waals surface area contributed by atoms with E-state index in [1.165, 1.54) is 57.8 Å². The van der Waals surface area contributed by atoms with Crippen LogP contribution in [-0.4, -0.2) is 24.3 Å². The van der Waals surface area contributed by atoms with E-state index in [-0.39, 0.29) is 12.6 Å². The lowest BCUT2D eigenvalue weighted by molar-refractivity contribution is -0.145. The summed E-state index contributed by atoms with van der Waals surface area (Å²) in [4.78, 5) is 11.9. The molecule has 0 fully saturated rings. The van der Waals surface area contributed by atoms with Gasteiger partial charge >= 0.3 is 5.97 Å². The Hall–Kier alpha value is -0.830. The molecule has 2 atom stereocenters. The maximum atomic E-state index is 11.9. The van der Waals surface area contributed by atoms with Crippen LogP contribution in [0.25, 0.3) is 0 Å². The zero-order valence-corrected chi connectivity index (χ0v) is 20.5. The molecule has 0 heterocycles. The van der Waals surface area contributed by atoms with Crippen molar-refractivity contribution in [3.8, 4) is 0 Å². The molecule has 178 valence electrons. The molecule has 0 spiro atoms. The Kier molecular flexibility index (Phi) is 22.2. The predicted octanol–water partition coefficient (Wildman–Crippen LogP) is 8.00. The minimum absolute atomic E-state index is 0.0228. The van der Waals surface area contributed by atoms with Crippen LogP contribution in [0.4, 0.5) is 0 Å². The van der Waals surface area contributed by atoms with Crippen molar-refractivity contribution in [2.45, 2.75) is 130 Å². The molecule has 0 saturated carbocycles. The summed E-state index contributed by atoms with van der Waals surface area (Å²) in [5.41, 5.74) is 0. The Morgan fingerprint density at radius 3 is 2.20 bits per heavy atom. The van der Waals surface area contributed by atoms with Gasteiger partial charge in [0, 0.05) is 13.0 Å². The predicted molar refractivity (Wildman–Crippen MR) is 130 cm³/mol. The topological polar surface area (TPSA) is 46.5 Å². The average Bonchev–Trinajstić information content (AvgIpc) is 2.76.